The summed E-state index contributed by atoms with van der Waals surface area (Å²) in [7, 11) is 3.15. The van der Waals surface area contributed by atoms with Crippen LogP contribution in [0.3, 0.4) is 0 Å². The van der Waals surface area contributed by atoms with E-state index in [9.17, 15) is 0 Å². The van der Waals surface area contributed by atoms with Crippen LogP contribution in [0.25, 0.3) is 0 Å². The lowest BCUT2D eigenvalue weighted by Crippen LogP contribution is -2.11. The van der Waals surface area contributed by atoms with E-state index in [1.54, 1.807) is 14.2 Å². The Kier molecular flexibility index (Phi) is 8.59. The Morgan fingerprint density at radius 2 is 1.21 bits per heavy atom. The molecule has 82 valence electrons. The third kappa shape index (κ3) is 8.02. The van der Waals surface area contributed by atoms with E-state index in [0.29, 0.717) is 0 Å². The minimum absolute atomic E-state index is 0.149. The van der Waals surface area contributed by atoms with Gasteiger partial charge in [0, 0.05) is 14.2 Å². The molecule has 0 aromatic heterocycles. The van der Waals surface area contributed by atoms with E-state index < -0.39 is 0 Å². The maximum atomic E-state index is 5.16. The molecule has 0 bridgehead atoms. The van der Waals surface area contributed by atoms with E-state index in [4.69, 9.17) is 18.9 Å². The van der Waals surface area contributed by atoms with Gasteiger partial charge in [-0.2, -0.15) is 0 Å². The molecule has 0 spiro atoms. The molecule has 0 amide bonds. The van der Waals surface area contributed by atoms with Crippen molar-refractivity contribution < 1.29 is 18.9 Å². The lowest BCUT2D eigenvalue weighted by molar-refractivity contribution is -0.0500. The molecule has 0 saturated carbocycles. The van der Waals surface area contributed by atoms with Gasteiger partial charge in [-0.05, 0) is 13.8 Å². The predicted molar refractivity (Wildman–Crippen MR) is 52.6 cm³/mol. The average Bonchev–Trinajstić information content (AvgIpc) is 2.20. The van der Waals surface area contributed by atoms with E-state index in [1.165, 1.54) is 0 Å². The Morgan fingerprint density at radius 1 is 0.857 bits per heavy atom. The molecule has 0 aliphatic carbocycles. The summed E-state index contributed by atoms with van der Waals surface area (Å²) in [4.78, 5) is 0. The van der Waals surface area contributed by atoms with Crippen molar-refractivity contribution in [1.29, 1.82) is 0 Å². The molecule has 14 heavy (non-hydrogen) atoms. The van der Waals surface area contributed by atoms with Crippen LogP contribution in [0.1, 0.15) is 13.8 Å². The standard InChI is InChI=1S/C10H18O4/c1-9(13-7-11-3)5-6-10(2)14-8-12-4/h9-10H,7-8H2,1-4H3. The van der Waals surface area contributed by atoms with Crippen molar-refractivity contribution >= 4 is 0 Å². The maximum absolute atomic E-state index is 5.16. The normalized spacial score (nSPS) is 14.3. The van der Waals surface area contributed by atoms with Gasteiger partial charge in [-0.3, -0.25) is 0 Å². The Bertz CT molecular complexity index is 164. The second kappa shape index (κ2) is 8.97. The third-order valence-corrected chi connectivity index (χ3v) is 1.36. The Balaban J connectivity index is 3.65. The largest absolute Gasteiger partial charge is 0.359 e. The van der Waals surface area contributed by atoms with Gasteiger partial charge < -0.3 is 18.9 Å². The Hall–Kier alpha value is -0.600. The topological polar surface area (TPSA) is 36.9 Å². The van der Waals surface area contributed by atoms with Crippen molar-refractivity contribution in [2.24, 2.45) is 0 Å². The highest BCUT2D eigenvalue weighted by Crippen LogP contribution is 1.91. The average molecular weight is 202 g/mol. The molecule has 2 unspecified atom stereocenters. The van der Waals surface area contributed by atoms with Gasteiger partial charge in [0.25, 0.3) is 0 Å². The molecule has 0 aromatic rings. The second-order valence-electron chi connectivity index (χ2n) is 2.72. The second-order valence-corrected chi connectivity index (χ2v) is 2.72. The molecular formula is C10H18O4. The van der Waals surface area contributed by atoms with Crippen molar-refractivity contribution in [2.75, 3.05) is 27.8 Å². The summed E-state index contributed by atoms with van der Waals surface area (Å²) in [5, 5.41) is 0. The highest BCUT2D eigenvalue weighted by atomic mass is 16.7. The van der Waals surface area contributed by atoms with Crippen LogP contribution >= 0.6 is 0 Å². The van der Waals surface area contributed by atoms with Crippen LogP contribution in [-0.4, -0.2) is 40.0 Å². The first-order valence-electron chi connectivity index (χ1n) is 4.42. The van der Waals surface area contributed by atoms with Gasteiger partial charge in [0.15, 0.2) is 0 Å². The molecule has 0 radical (unpaired) electrons. The lowest BCUT2D eigenvalue weighted by atomic mass is 10.3. The van der Waals surface area contributed by atoms with Gasteiger partial charge in [-0.25, -0.2) is 0 Å². The van der Waals surface area contributed by atoms with Crippen LogP contribution in [0.5, 0.6) is 0 Å². The molecule has 0 fully saturated rings. The van der Waals surface area contributed by atoms with Crippen LogP contribution in [0, 0.1) is 11.8 Å². The van der Waals surface area contributed by atoms with E-state index in [0.717, 1.165) is 0 Å². The van der Waals surface area contributed by atoms with Gasteiger partial charge in [-0.15, -0.1) is 0 Å². The van der Waals surface area contributed by atoms with Crippen LogP contribution in [0.15, 0.2) is 0 Å². The first-order chi connectivity index (χ1) is 6.70. The minimum Gasteiger partial charge on any atom is -0.359 e. The fourth-order valence-corrected chi connectivity index (χ4v) is 0.658. The summed E-state index contributed by atoms with van der Waals surface area (Å²) in [6, 6.07) is 0. The van der Waals surface area contributed by atoms with Crippen molar-refractivity contribution in [3.05, 3.63) is 0 Å². The van der Waals surface area contributed by atoms with Crippen LogP contribution in [-0.2, 0) is 18.9 Å². The van der Waals surface area contributed by atoms with E-state index in [-0.39, 0.29) is 25.8 Å². The van der Waals surface area contributed by atoms with Crippen molar-refractivity contribution in [2.45, 2.75) is 26.1 Å². The zero-order chi connectivity index (χ0) is 10.8. The quantitative estimate of drug-likeness (QED) is 0.476. The Labute approximate surface area is 85.5 Å². The SMILES string of the molecule is COCOC(C)C#CC(C)OCOC. The molecule has 2 atom stereocenters. The van der Waals surface area contributed by atoms with Crippen molar-refractivity contribution in [3.63, 3.8) is 0 Å². The number of hydrogen-bond acceptors (Lipinski definition) is 4. The molecule has 0 heterocycles. The first kappa shape index (κ1) is 13.4. The van der Waals surface area contributed by atoms with Gasteiger partial charge >= 0.3 is 0 Å². The summed E-state index contributed by atoms with van der Waals surface area (Å²) < 4.78 is 19.8. The summed E-state index contributed by atoms with van der Waals surface area (Å²) in [5.41, 5.74) is 0. The van der Waals surface area contributed by atoms with Crippen molar-refractivity contribution in [3.8, 4) is 11.8 Å². The summed E-state index contributed by atoms with van der Waals surface area (Å²) >= 11 is 0. The van der Waals surface area contributed by atoms with Gasteiger partial charge in [0.05, 0.1) is 0 Å². The van der Waals surface area contributed by atoms with Crippen LogP contribution in [0.4, 0.5) is 0 Å². The monoisotopic (exact) mass is 202 g/mol. The number of hydrogen-bond donors (Lipinski definition) is 0. The number of ether oxygens (including phenoxy) is 4. The smallest absolute Gasteiger partial charge is 0.148 e. The van der Waals surface area contributed by atoms with Gasteiger partial charge in [0.2, 0.25) is 0 Å². The fourth-order valence-electron chi connectivity index (χ4n) is 0.658. The fraction of sp³-hybridized carbons (Fsp3) is 0.800. The van der Waals surface area contributed by atoms with Gasteiger partial charge in [-0.1, -0.05) is 11.8 Å². The molecule has 4 nitrogen and oxygen atoms in total. The molecule has 0 aliphatic heterocycles. The van der Waals surface area contributed by atoms with E-state index in [1.807, 2.05) is 13.8 Å². The Morgan fingerprint density at radius 3 is 1.50 bits per heavy atom. The molecule has 0 N–H and O–H groups in total. The molecular weight excluding hydrogens is 184 g/mol. The molecule has 0 rings (SSSR count). The van der Waals surface area contributed by atoms with Crippen LogP contribution < -0.4 is 0 Å². The first-order valence-corrected chi connectivity index (χ1v) is 4.42. The highest BCUT2D eigenvalue weighted by molar-refractivity contribution is 5.07. The molecule has 4 heteroatoms. The zero-order valence-corrected chi connectivity index (χ0v) is 9.20. The van der Waals surface area contributed by atoms with Crippen molar-refractivity contribution in [1.82, 2.24) is 0 Å². The number of methoxy groups -OCH3 is 2. The summed E-state index contributed by atoms with van der Waals surface area (Å²) in [6.07, 6.45) is -0.299. The third-order valence-electron chi connectivity index (χ3n) is 1.36. The molecule has 0 aliphatic rings. The maximum Gasteiger partial charge on any atom is 0.148 e. The minimum atomic E-state index is -0.149. The van der Waals surface area contributed by atoms with E-state index in [2.05, 4.69) is 11.8 Å². The zero-order valence-electron chi connectivity index (χ0n) is 9.20. The predicted octanol–water partition coefficient (Wildman–Crippen LogP) is 1.01. The lowest BCUT2D eigenvalue weighted by Gasteiger charge is -2.06. The summed E-state index contributed by atoms with van der Waals surface area (Å²) in [5.74, 6) is 5.79. The van der Waals surface area contributed by atoms with Crippen LogP contribution in [0.2, 0.25) is 0 Å². The molecule has 0 aromatic carbocycles. The molecule has 0 saturated heterocycles. The van der Waals surface area contributed by atoms with Gasteiger partial charge in [0.1, 0.15) is 25.8 Å². The highest BCUT2D eigenvalue weighted by Gasteiger charge is 1.97. The van der Waals surface area contributed by atoms with E-state index >= 15 is 0 Å². The summed E-state index contributed by atoms with van der Waals surface area (Å²) in [6.45, 7) is 4.22. The number of rotatable bonds is 6.